The first-order chi connectivity index (χ1) is 17.6. The van der Waals surface area contributed by atoms with Gasteiger partial charge in [0.1, 0.15) is 5.54 Å². The Hall–Kier alpha value is -2.61. The summed E-state index contributed by atoms with van der Waals surface area (Å²) in [6, 6.07) is 15.0. The molecule has 3 aromatic carbocycles. The number of hydrogen-bond acceptors (Lipinski definition) is 4. The normalized spacial score (nSPS) is 26.1. The van der Waals surface area contributed by atoms with E-state index in [-0.39, 0.29) is 20.8 Å². The van der Waals surface area contributed by atoms with Crippen LogP contribution in [0.1, 0.15) is 16.7 Å². The number of benzene rings is 3. The van der Waals surface area contributed by atoms with Crippen molar-refractivity contribution < 1.29 is 14.4 Å². The maximum atomic E-state index is 14.1. The van der Waals surface area contributed by atoms with Gasteiger partial charge in [0.2, 0.25) is 17.7 Å². The van der Waals surface area contributed by atoms with E-state index in [1.54, 1.807) is 6.07 Å². The molecule has 4 unspecified atom stereocenters. The Bertz CT molecular complexity index is 1510. The minimum absolute atomic E-state index is 0.253. The van der Waals surface area contributed by atoms with E-state index >= 15 is 0 Å². The fourth-order valence-corrected chi connectivity index (χ4v) is 7.05. The van der Waals surface area contributed by atoms with Crippen LogP contribution >= 0.6 is 46.4 Å². The zero-order valence-electron chi connectivity index (χ0n) is 19.3. The summed E-state index contributed by atoms with van der Waals surface area (Å²) < 4.78 is 0. The molecule has 0 aliphatic carbocycles. The van der Waals surface area contributed by atoms with Gasteiger partial charge in [0.05, 0.1) is 28.2 Å². The molecule has 0 aromatic heterocycles. The lowest BCUT2D eigenvalue weighted by Crippen LogP contribution is -2.53. The predicted octanol–water partition coefficient (Wildman–Crippen LogP) is 5.78. The fourth-order valence-electron chi connectivity index (χ4n) is 6.00. The van der Waals surface area contributed by atoms with E-state index in [2.05, 4.69) is 10.6 Å². The van der Waals surface area contributed by atoms with Crippen molar-refractivity contribution in [2.75, 3.05) is 10.2 Å². The SMILES string of the molecule is Cc1ccccc1CC1NC2(C(=O)Nc3c(Cl)cc(Cl)cc32)C2C(=O)N(c3cc(Cl)cc(Cl)c3)C(=O)C12. The number of aryl methyl sites for hydroxylation is 1. The molecule has 0 radical (unpaired) electrons. The van der Waals surface area contributed by atoms with E-state index in [0.717, 1.165) is 16.0 Å². The van der Waals surface area contributed by atoms with Gasteiger partial charge in [-0.3, -0.25) is 19.7 Å². The highest BCUT2D eigenvalue weighted by molar-refractivity contribution is 6.38. The van der Waals surface area contributed by atoms with E-state index in [0.29, 0.717) is 22.7 Å². The molecule has 4 atom stereocenters. The number of carbonyl (C=O) groups is 3. The summed E-state index contributed by atoms with van der Waals surface area (Å²) in [5.41, 5.74) is 1.59. The van der Waals surface area contributed by atoms with Gasteiger partial charge in [-0.05, 0) is 54.8 Å². The molecule has 3 heterocycles. The van der Waals surface area contributed by atoms with Crippen molar-refractivity contribution in [3.05, 3.63) is 91.4 Å². The molecule has 6 nitrogen and oxygen atoms in total. The molecule has 2 N–H and O–H groups in total. The molecular weight excluding hydrogens is 556 g/mol. The molecule has 0 bridgehead atoms. The van der Waals surface area contributed by atoms with Crippen LogP contribution in [-0.2, 0) is 26.3 Å². The zero-order valence-corrected chi connectivity index (χ0v) is 22.3. The number of fused-ring (bicyclic) bond motifs is 4. The van der Waals surface area contributed by atoms with E-state index in [9.17, 15) is 14.4 Å². The predicted molar refractivity (Wildman–Crippen MR) is 145 cm³/mol. The Kier molecular flexibility index (Phi) is 5.82. The van der Waals surface area contributed by atoms with Gasteiger partial charge in [-0.15, -0.1) is 0 Å². The molecule has 2 saturated heterocycles. The number of anilines is 2. The summed E-state index contributed by atoms with van der Waals surface area (Å²) in [6.45, 7) is 1.98. The zero-order chi connectivity index (χ0) is 26.2. The number of nitrogens with zero attached hydrogens (tertiary/aromatic N) is 1. The highest BCUT2D eigenvalue weighted by Crippen LogP contribution is 2.55. The monoisotopic (exact) mass is 573 g/mol. The highest BCUT2D eigenvalue weighted by Gasteiger charge is 2.70. The van der Waals surface area contributed by atoms with Crippen LogP contribution in [0.3, 0.4) is 0 Å². The van der Waals surface area contributed by atoms with Crippen LogP contribution in [0.5, 0.6) is 0 Å². The van der Waals surface area contributed by atoms with Gasteiger partial charge in [-0.2, -0.15) is 0 Å². The third-order valence-corrected chi connectivity index (χ3v) is 8.50. The lowest BCUT2D eigenvalue weighted by Gasteiger charge is -2.30. The average molecular weight is 575 g/mol. The van der Waals surface area contributed by atoms with Crippen molar-refractivity contribution in [3.63, 3.8) is 0 Å². The molecule has 0 saturated carbocycles. The Morgan fingerprint density at radius 2 is 1.57 bits per heavy atom. The molecule has 3 aromatic rings. The highest BCUT2D eigenvalue weighted by atomic mass is 35.5. The molecule has 10 heteroatoms. The first kappa shape index (κ1) is 24.7. The van der Waals surface area contributed by atoms with Crippen molar-refractivity contribution in [1.29, 1.82) is 0 Å². The third-order valence-electron chi connectivity index (χ3n) is 7.55. The maximum Gasteiger partial charge on any atom is 0.250 e. The van der Waals surface area contributed by atoms with Crippen LogP contribution in [0.15, 0.2) is 54.6 Å². The molecule has 6 rings (SSSR count). The van der Waals surface area contributed by atoms with Gasteiger partial charge < -0.3 is 5.32 Å². The van der Waals surface area contributed by atoms with Gasteiger partial charge in [-0.25, -0.2) is 4.90 Å². The summed E-state index contributed by atoms with van der Waals surface area (Å²) in [7, 11) is 0. The largest absolute Gasteiger partial charge is 0.323 e. The van der Waals surface area contributed by atoms with Gasteiger partial charge in [-0.1, -0.05) is 70.7 Å². The molecule has 188 valence electrons. The van der Waals surface area contributed by atoms with Crippen LogP contribution < -0.4 is 15.5 Å². The Morgan fingerprint density at radius 3 is 2.27 bits per heavy atom. The Morgan fingerprint density at radius 1 is 0.892 bits per heavy atom. The number of nitrogens with one attached hydrogen (secondary N) is 2. The summed E-state index contributed by atoms with van der Waals surface area (Å²) in [4.78, 5) is 42.9. The minimum Gasteiger partial charge on any atom is -0.323 e. The van der Waals surface area contributed by atoms with E-state index in [1.807, 2.05) is 31.2 Å². The maximum absolute atomic E-state index is 14.1. The number of halogens is 4. The standard InChI is InChI=1S/C27H19Cl4N3O3/c1-12-4-2-3-5-13(12)6-20-21-22(25(36)34(24(21)35)17-8-14(28)7-15(29)9-17)27(33-20)18-10-16(30)11-19(31)23(18)32-26(27)37/h2-5,7-11,20-22,33H,6H2,1H3,(H,32,37). The molecular formula is C27H19Cl4N3O3. The van der Waals surface area contributed by atoms with Gasteiger partial charge in [0.15, 0.2) is 0 Å². The smallest absolute Gasteiger partial charge is 0.250 e. The van der Waals surface area contributed by atoms with Crippen LogP contribution in [0.4, 0.5) is 11.4 Å². The van der Waals surface area contributed by atoms with Crippen LogP contribution in [0, 0.1) is 18.8 Å². The van der Waals surface area contributed by atoms with Gasteiger partial charge in [0, 0.05) is 26.7 Å². The van der Waals surface area contributed by atoms with E-state index in [1.165, 1.54) is 24.3 Å². The second kappa shape index (κ2) is 8.72. The van der Waals surface area contributed by atoms with Gasteiger partial charge in [0.25, 0.3) is 0 Å². The summed E-state index contributed by atoms with van der Waals surface area (Å²) in [6.07, 6.45) is 0.426. The van der Waals surface area contributed by atoms with E-state index < -0.39 is 41.1 Å². The Labute approximate surface area is 232 Å². The molecule has 3 aliphatic heterocycles. The quantitative estimate of drug-likeness (QED) is 0.389. The third kappa shape index (κ3) is 3.62. The van der Waals surface area contributed by atoms with E-state index in [4.69, 9.17) is 46.4 Å². The summed E-state index contributed by atoms with van der Waals surface area (Å²) in [5.74, 6) is -3.28. The first-order valence-electron chi connectivity index (χ1n) is 11.6. The van der Waals surface area contributed by atoms with Crippen molar-refractivity contribution in [2.45, 2.75) is 24.9 Å². The lowest BCUT2D eigenvalue weighted by molar-refractivity contribution is -0.130. The molecule has 1 spiro atoms. The summed E-state index contributed by atoms with van der Waals surface area (Å²) in [5, 5.41) is 7.37. The second-order valence-corrected chi connectivity index (χ2v) is 11.3. The number of amides is 3. The first-order valence-corrected chi connectivity index (χ1v) is 13.1. The summed E-state index contributed by atoms with van der Waals surface area (Å²) >= 11 is 25.2. The Balaban J connectivity index is 1.54. The molecule has 3 amide bonds. The fraction of sp³-hybridized carbons (Fsp3) is 0.222. The average Bonchev–Trinajstić information content (AvgIpc) is 3.40. The topological polar surface area (TPSA) is 78.5 Å². The molecule has 3 aliphatic rings. The molecule has 2 fully saturated rings. The van der Waals surface area contributed by atoms with Crippen molar-refractivity contribution in [1.82, 2.24) is 5.32 Å². The van der Waals surface area contributed by atoms with Gasteiger partial charge >= 0.3 is 0 Å². The minimum atomic E-state index is -1.54. The van der Waals surface area contributed by atoms with Crippen molar-refractivity contribution in [3.8, 4) is 0 Å². The van der Waals surface area contributed by atoms with Crippen molar-refractivity contribution >= 4 is 75.5 Å². The number of rotatable bonds is 3. The number of hydrogen-bond donors (Lipinski definition) is 2. The molecule has 37 heavy (non-hydrogen) atoms. The van der Waals surface area contributed by atoms with Crippen LogP contribution in [0.2, 0.25) is 20.1 Å². The van der Waals surface area contributed by atoms with Crippen LogP contribution in [-0.4, -0.2) is 23.8 Å². The lowest BCUT2D eigenvalue weighted by atomic mass is 9.76. The number of imide groups is 1. The number of carbonyl (C=O) groups excluding carboxylic acids is 3. The van der Waals surface area contributed by atoms with Crippen LogP contribution in [0.25, 0.3) is 0 Å². The van der Waals surface area contributed by atoms with Crippen molar-refractivity contribution in [2.24, 2.45) is 11.8 Å². The second-order valence-electron chi connectivity index (χ2n) is 9.60.